The summed E-state index contributed by atoms with van der Waals surface area (Å²) < 4.78 is 15.9. The van der Waals surface area contributed by atoms with E-state index in [0.717, 1.165) is 22.4 Å². The first-order chi connectivity index (χ1) is 14.1. The van der Waals surface area contributed by atoms with Crippen LogP contribution in [0.3, 0.4) is 0 Å². The van der Waals surface area contributed by atoms with Crippen LogP contribution in [0.4, 0.5) is 0 Å². The van der Waals surface area contributed by atoms with Crippen LogP contribution in [-0.2, 0) is 6.42 Å². The molecular formula is C22H20N2O4S. The number of H-pyrrole nitrogens is 1. The van der Waals surface area contributed by atoms with Gasteiger partial charge < -0.3 is 19.2 Å². The molecule has 0 saturated carbocycles. The normalized spacial score (nSPS) is 10.9. The van der Waals surface area contributed by atoms with E-state index in [2.05, 4.69) is 9.97 Å². The van der Waals surface area contributed by atoms with E-state index >= 15 is 0 Å². The summed E-state index contributed by atoms with van der Waals surface area (Å²) in [7, 11) is 4.82. The van der Waals surface area contributed by atoms with Crippen molar-refractivity contribution < 1.29 is 14.2 Å². The first-order valence-corrected chi connectivity index (χ1v) is 9.86. The molecule has 0 unspecified atom stereocenters. The van der Waals surface area contributed by atoms with E-state index in [4.69, 9.17) is 14.2 Å². The number of rotatable bonds is 6. The van der Waals surface area contributed by atoms with Gasteiger partial charge in [0.05, 0.1) is 26.7 Å². The highest BCUT2D eigenvalue weighted by Gasteiger charge is 2.14. The Bertz CT molecular complexity index is 1230. The average molecular weight is 408 g/mol. The molecule has 2 aromatic carbocycles. The molecule has 4 aromatic rings. The Hall–Kier alpha value is -3.32. The zero-order valence-electron chi connectivity index (χ0n) is 16.3. The van der Waals surface area contributed by atoms with Crippen molar-refractivity contribution in [3.8, 4) is 28.4 Å². The van der Waals surface area contributed by atoms with Gasteiger partial charge in [0.25, 0.3) is 5.56 Å². The predicted molar refractivity (Wildman–Crippen MR) is 115 cm³/mol. The number of thiophene rings is 1. The summed E-state index contributed by atoms with van der Waals surface area (Å²) in [6.07, 6.45) is 0.484. The van der Waals surface area contributed by atoms with Gasteiger partial charge in [0.1, 0.15) is 16.4 Å². The molecule has 0 radical (unpaired) electrons. The van der Waals surface area contributed by atoms with Gasteiger partial charge in [-0.1, -0.05) is 18.2 Å². The van der Waals surface area contributed by atoms with Crippen molar-refractivity contribution in [2.24, 2.45) is 0 Å². The number of fused-ring (bicyclic) bond motifs is 1. The van der Waals surface area contributed by atoms with Crippen LogP contribution in [0.2, 0.25) is 0 Å². The maximum Gasteiger partial charge on any atom is 0.260 e. The summed E-state index contributed by atoms with van der Waals surface area (Å²) in [4.78, 5) is 21.2. The number of hydrogen-bond acceptors (Lipinski definition) is 6. The first-order valence-electron chi connectivity index (χ1n) is 8.98. The number of benzene rings is 2. The molecule has 0 spiro atoms. The van der Waals surface area contributed by atoms with Crippen molar-refractivity contribution >= 4 is 21.6 Å². The fraction of sp³-hybridized carbons (Fsp3) is 0.182. The molecule has 0 aliphatic heterocycles. The van der Waals surface area contributed by atoms with E-state index in [-0.39, 0.29) is 5.56 Å². The van der Waals surface area contributed by atoms with Gasteiger partial charge in [0.2, 0.25) is 0 Å². The quantitative estimate of drug-likeness (QED) is 0.516. The molecule has 0 atom stereocenters. The Balaban J connectivity index is 1.71. The molecule has 0 aliphatic carbocycles. The van der Waals surface area contributed by atoms with Crippen LogP contribution in [0.1, 0.15) is 11.4 Å². The van der Waals surface area contributed by atoms with E-state index in [0.29, 0.717) is 34.0 Å². The Morgan fingerprint density at radius 1 is 1.00 bits per heavy atom. The van der Waals surface area contributed by atoms with Crippen molar-refractivity contribution in [1.82, 2.24) is 9.97 Å². The maximum absolute atomic E-state index is 12.9. The summed E-state index contributed by atoms with van der Waals surface area (Å²) in [6.45, 7) is 0. The lowest BCUT2D eigenvalue weighted by Crippen LogP contribution is -2.11. The Kier molecular flexibility index (Phi) is 5.22. The smallest absolute Gasteiger partial charge is 0.260 e. The standard InChI is InChI=1S/C22H20N2O4S/c1-26-15-6-4-5-14(11-15)16-12-29-22-20(16)21(25)23-19(24-22)10-13-7-8-17(27-2)18(9-13)28-3/h4-9,11-12H,10H2,1-3H3,(H,23,24,25). The van der Waals surface area contributed by atoms with E-state index in [1.807, 2.05) is 47.8 Å². The molecule has 4 rings (SSSR count). The number of ether oxygens (including phenoxy) is 3. The molecule has 2 aromatic heterocycles. The Morgan fingerprint density at radius 3 is 2.59 bits per heavy atom. The monoisotopic (exact) mass is 408 g/mol. The zero-order valence-corrected chi connectivity index (χ0v) is 17.1. The van der Waals surface area contributed by atoms with Gasteiger partial charge in [-0.25, -0.2) is 4.98 Å². The van der Waals surface area contributed by atoms with Gasteiger partial charge in [-0.05, 0) is 35.4 Å². The molecule has 0 aliphatic rings. The zero-order chi connectivity index (χ0) is 20.4. The minimum absolute atomic E-state index is 0.149. The number of nitrogens with one attached hydrogen (secondary N) is 1. The molecule has 0 bridgehead atoms. The van der Waals surface area contributed by atoms with E-state index in [1.165, 1.54) is 11.3 Å². The molecule has 6 nitrogen and oxygen atoms in total. The van der Waals surface area contributed by atoms with Gasteiger partial charge in [0.15, 0.2) is 11.5 Å². The van der Waals surface area contributed by atoms with Crippen LogP contribution in [0.5, 0.6) is 17.2 Å². The van der Waals surface area contributed by atoms with E-state index in [9.17, 15) is 4.79 Å². The molecule has 29 heavy (non-hydrogen) atoms. The van der Waals surface area contributed by atoms with Gasteiger partial charge >= 0.3 is 0 Å². The summed E-state index contributed by atoms with van der Waals surface area (Å²) in [5.74, 6) is 2.66. The minimum atomic E-state index is -0.149. The number of hydrogen-bond donors (Lipinski definition) is 1. The van der Waals surface area contributed by atoms with Crippen LogP contribution in [0.15, 0.2) is 52.6 Å². The first kappa shape index (κ1) is 19.0. The topological polar surface area (TPSA) is 73.4 Å². The third kappa shape index (κ3) is 3.69. The molecule has 148 valence electrons. The lowest BCUT2D eigenvalue weighted by molar-refractivity contribution is 0.354. The SMILES string of the molecule is COc1cccc(-c2csc3nc(Cc4ccc(OC)c(OC)c4)[nH]c(=O)c23)c1. The second-order valence-corrected chi connectivity index (χ2v) is 7.30. The predicted octanol–water partition coefficient (Wildman–Crippen LogP) is 4.27. The maximum atomic E-state index is 12.9. The van der Waals surface area contributed by atoms with Crippen LogP contribution in [0, 0.1) is 0 Å². The van der Waals surface area contributed by atoms with Crippen molar-refractivity contribution in [2.45, 2.75) is 6.42 Å². The molecule has 0 saturated heterocycles. The van der Waals surface area contributed by atoms with E-state index in [1.54, 1.807) is 21.3 Å². The Morgan fingerprint density at radius 2 is 1.83 bits per heavy atom. The molecule has 0 amide bonds. The third-order valence-corrected chi connectivity index (χ3v) is 5.57. The number of aromatic amines is 1. The van der Waals surface area contributed by atoms with Gasteiger partial charge in [-0.3, -0.25) is 4.79 Å². The van der Waals surface area contributed by atoms with Crippen LogP contribution < -0.4 is 19.8 Å². The van der Waals surface area contributed by atoms with Crippen LogP contribution in [0.25, 0.3) is 21.3 Å². The van der Waals surface area contributed by atoms with Gasteiger partial charge in [-0.2, -0.15) is 0 Å². The second kappa shape index (κ2) is 7.97. The molecule has 1 N–H and O–H groups in total. The summed E-state index contributed by atoms with van der Waals surface area (Å²) in [5, 5.41) is 2.56. The molecule has 7 heteroatoms. The fourth-order valence-corrected chi connectivity index (χ4v) is 4.23. The van der Waals surface area contributed by atoms with Crippen LogP contribution in [-0.4, -0.2) is 31.3 Å². The second-order valence-electron chi connectivity index (χ2n) is 6.44. The fourth-order valence-electron chi connectivity index (χ4n) is 3.26. The molecule has 2 heterocycles. The summed E-state index contributed by atoms with van der Waals surface area (Å²) in [5.41, 5.74) is 2.60. The highest BCUT2D eigenvalue weighted by Crippen LogP contribution is 2.33. The highest BCUT2D eigenvalue weighted by molar-refractivity contribution is 7.17. The van der Waals surface area contributed by atoms with Crippen molar-refractivity contribution in [1.29, 1.82) is 0 Å². The minimum Gasteiger partial charge on any atom is -0.497 e. The van der Waals surface area contributed by atoms with Crippen molar-refractivity contribution in [3.63, 3.8) is 0 Å². The van der Waals surface area contributed by atoms with Crippen molar-refractivity contribution in [2.75, 3.05) is 21.3 Å². The third-order valence-electron chi connectivity index (χ3n) is 4.69. The Labute approximate surface area is 171 Å². The number of nitrogens with zero attached hydrogens (tertiary/aromatic N) is 1. The largest absolute Gasteiger partial charge is 0.497 e. The lowest BCUT2D eigenvalue weighted by atomic mass is 10.1. The van der Waals surface area contributed by atoms with Crippen molar-refractivity contribution in [3.05, 3.63) is 69.6 Å². The van der Waals surface area contributed by atoms with Gasteiger partial charge in [0, 0.05) is 17.4 Å². The highest BCUT2D eigenvalue weighted by atomic mass is 32.1. The molecular weight excluding hydrogens is 388 g/mol. The van der Waals surface area contributed by atoms with E-state index < -0.39 is 0 Å². The lowest BCUT2D eigenvalue weighted by Gasteiger charge is -2.09. The van der Waals surface area contributed by atoms with Gasteiger partial charge in [-0.15, -0.1) is 11.3 Å². The summed E-state index contributed by atoms with van der Waals surface area (Å²) >= 11 is 1.46. The number of methoxy groups -OCH3 is 3. The van der Waals surface area contributed by atoms with Crippen LogP contribution >= 0.6 is 11.3 Å². The summed E-state index contributed by atoms with van der Waals surface area (Å²) in [6, 6.07) is 13.3. The average Bonchev–Trinajstić information content (AvgIpc) is 3.18. The number of aromatic nitrogens is 2. The molecule has 0 fully saturated rings.